The molecule has 1 N–H and O–H groups in total. The number of rotatable bonds is 3. The number of likely N-dealkylation sites (tertiary alicyclic amines) is 1. The van der Waals surface area contributed by atoms with E-state index in [1.54, 1.807) is 13.3 Å². The number of aromatic nitrogens is 3. The molecule has 2 bridgehead atoms. The van der Waals surface area contributed by atoms with E-state index in [1.165, 1.54) is 0 Å². The topological polar surface area (TPSA) is 81.4 Å². The molecular weight excluding hydrogens is 453 g/mol. The van der Waals surface area contributed by atoms with E-state index in [9.17, 15) is 9.59 Å². The van der Waals surface area contributed by atoms with E-state index < -0.39 is 5.60 Å². The van der Waals surface area contributed by atoms with Gasteiger partial charge in [0.25, 0.3) is 11.5 Å². The number of aryl methyl sites for hydroxylation is 1. The number of nitrogens with zero attached hydrogens (tertiary/aromatic N) is 4. The first-order chi connectivity index (χ1) is 14.5. The van der Waals surface area contributed by atoms with Crippen molar-refractivity contribution in [2.24, 2.45) is 13.0 Å². The van der Waals surface area contributed by atoms with Crippen LogP contribution in [0.3, 0.4) is 0 Å². The van der Waals surface area contributed by atoms with Crippen LogP contribution in [0.15, 0.2) is 29.3 Å². The molecule has 0 radical (unpaired) electrons. The van der Waals surface area contributed by atoms with Gasteiger partial charge in [0.15, 0.2) is 0 Å². The maximum Gasteiger partial charge on any atom is 0.261 e. The van der Waals surface area contributed by atoms with Crippen LogP contribution in [0.1, 0.15) is 30.9 Å². The standard InChI is InChI=1S/C22H29N5O3.2ClH/c1-25-10-9-24-19(25)17-3-4-18-16-11-15(13-27(18)20(17)28)12-26(14-16)21(29)22(30-2)5-7-23-8-6-22;;/h3-4,9-10,15-16,23H,5-8,11-14H2,1-2H3;2*1H/t15-,16+;;/m0../s1. The minimum Gasteiger partial charge on any atom is -0.368 e. The quantitative estimate of drug-likeness (QED) is 0.719. The van der Waals surface area contributed by atoms with E-state index in [2.05, 4.69) is 16.4 Å². The number of carbonyl (C=O) groups excluding carboxylic acids is 1. The molecule has 0 spiro atoms. The Labute approximate surface area is 200 Å². The molecule has 2 saturated heterocycles. The van der Waals surface area contributed by atoms with Crippen molar-refractivity contribution in [2.75, 3.05) is 33.3 Å². The molecule has 176 valence electrons. The summed E-state index contributed by atoms with van der Waals surface area (Å²) in [5.41, 5.74) is 0.970. The van der Waals surface area contributed by atoms with Crippen molar-refractivity contribution < 1.29 is 9.53 Å². The Morgan fingerprint density at radius 2 is 1.94 bits per heavy atom. The average molecular weight is 484 g/mol. The summed E-state index contributed by atoms with van der Waals surface area (Å²) in [4.78, 5) is 33.1. The minimum atomic E-state index is -0.710. The smallest absolute Gasteiger partial charge is 0.261 e. The third kappa shape index (κ3) is 3.98. The lowest BCUT2D eigenvalue weighted by molar-refractivity contribution is -0.161. The first-order valence-corrected chi connectivity index (χ1v) is 10.8. The summed E-state index contributed by atoms with van der Waals surface area (Å²) in [6.07, 6.45) is 5.99. The monoisotopic (exact) mass is 483 g/mol. The lowest BCUT2D eigenvalue weighted by Crippen LogP contribution is -2.59. The third-order valence-corrected chi connectivity index (χ3v) is 7.15. The van der Waals surface area contributed by atoms with E-state index in [4.69, 9.17) is 4.74 Å². The van der Waals surface area contributed by atoms with E-state index >= 15 is 0 Å². The van der Waals surface area contributed by atoms with Gasteiger partial charge in [-0.05, 0) is 50.4 Å². The normalized spacial score (nSPS) is 23.5. The number of amides is 1. The number of imidazole rings is 1. The van der Waals surface area contributed by atoms with E-state index in [1.807, 2.05) is 33.3 Å². The van der Waals surface area contributed by atoms with Crippen molar-refractivity contribution in [1.82, 2.24) is 24.3 Å². The first kappa shape index (κ1) is 24.8. The number of halogens is 2. The number of hydrogen-bond donors (Lipinski definition) is 1. The summed E-state index contributed by atoms with van der Waals surface area (Å²) < 4.78 is 9.57. The highest BCUT2D eigenvalue weighted by molar-refractivity contribution is 5.86. The van der Waals surface area contributed by atoms with Crippen LogP contribution >= 0.6 is 24.8 Å². The van der Waals surface area contributed by atoms with Gasteiger partial charge in [-0.2, -0.15) is 0 Å². The molecule has 0 unspecified atom stereocenters. The minimum absolute atomic E-state index is 0. The maximum atomic E-state index is 13.5. The van der Waals surface area contributed by atoms with Gasteiger partial charge in [-0.3, -0.25) is 9.59 Å². The molecule has 2 aromatic rings. The number of ether oxygens (including phenoxy) is 1. The Bertz CT molecular complexity index is 1030. The predicted octanol–water partition coefficient (Wildman–Crippen LogP) is 1.81. The fourth-order valence-electron chi connectivity index (χ4n) is 5.53. The summed E-state index contributed by atoms with van der Waals surface area (Å²) in [6, 6.07) is 3.94. The van der Waals surface area contributed by atoms with Crippen LogP contribution in [0.2, 0.25) is 0 Å². The van der Waals surface area contributed by atoms with Crippen LogP contribution in [0.5, 0.6) is 0 Å². The van der Waals surface area contributed by atoms with Gasteiger partial charge >= 0.3 is 0 Å². The zero-order valence-corrected chi connectivity index (χ0v) is 20.1. The van der Waals surface area contributed by atoms with E-state index in [-0.39, 0.29) is 48.1 Å². The number of piperidine rings is 2. The van der Waals surface area contributed by atoms with Gasteiger partial charge in [-0.15, -0.1) is 24.8 Å². The van der Waals surface area contributed by atoms with Gasteiger partial charge in [0.05, 0.1) is 5.56 Å². The van der Waals surface area contributed by atoms with Crippen LogP contribution in [-0.2, 0) is 23.1 Å². The van der Waals surface area contributed by atoms with Crippen molar-refractivity contribution in [3.8, 4) is 11.4 Å². The molecule has 8 nitrogen and oxygen atoms in total. The summed E-state index contributed by atoms with van der Waals surface area (Å²) in [5.74, 6) is 1.27. The molecule has 32 heavy (non-hydrogen) atoms. The number of fused-ring (bicyclic) bond motifs is 4. The molecule has 0 aliphatic carbocycles. The molecule has 5 heterocycles. The zero-order chi connectivity index (χ0) is 20.9. The Kier molecular flexibility index (Phi) is 7.39. The number of carbonyl (C=O) groups is 1. The van der Waals surface area contributed by atoms with Crippen LogP contribution in [0.25, 0.3) is 11.4 Å². The van der Waals surface area contributed by atoms with Gasteiger partial charge in [-0.25, -0.2) is 4.98 Å². The van der Waals surface area contributed by atoms with Crippen molar-refractivity contribution in [1.29, 1.82) is 0 Å². The largest absolute Gasteiger partial charge is 0.368 e. The first-order valence-electron chi connectivity index (χ1n) is 10.8. The highest BCUT2D eigenvalue weighted by Gasteiger charge is 2.46. The molecule has 3 aliphatic heterocycles. The van der Waals surface area contributed by atoms with E-state index in [0.717, 1.165) is 25.2 Å². The second kappa shape index (κ2) is 9.55. The summed E-state index contributed by atoms with van der Waals surface area (Å²) in [6.45, 7) is 3.58. The molecule has 1 amide bonds. The van der Waals surface area contributed by atoms with Gasteiger partial charge < -0.3 is 24.1 Å². The second-order valence-electron chi connectivity index (χ2n) is 8.91. The predicted molar refractivity (Wildman–Crippen MR) is 127 cm³/mol. The third-order valence-electron chi connectivity index (χ3n) is 7.15. The number of pyridine rings is 1. The van der Waals surface area contributed by atoms with Gasteiger partial charge in [-0.1, -0.05) is 0 Å². The van der Waals surface area contributed by atoms with Crippen molar-refractivity contribution in [2.45, 2.75) is 37.3 Å². The average Bonchev–Trinajstić information content (AvgIpc) is 3.20. The molecule has 0 aromatic carbocycles. The van der Waals surface area contributed by atoms with Gasteiger partial charge in [0.2, 0.25) is 0 Å². The lowest BCUT2D eigenvalue weighted by Gasteiger charge is -2.46. The fourth-order valence-corrected chi connectivity index (χ4v) is 5.53. The zero-order valence-electron chi connectivity index (χ0n) is 18.5. The SMILES string of the molecule is COC1(C(=O)N2C[C@@H]3C[C@H](C2)c2ccc(-c4nccn4C)c(=O)n2C3)CCNCC1.Cl.Cl. The van der Waals surface area contributed by atoms with Crippen LogP contribution < -0.4 is 10.9 Å². The number of nitrogens with one attached hydrogen (secondary N) is 1. The van der Waals surface area contributed by atoms with Crippen LogP contribution in [0.4, 0.5) is 0 Å². The van der Waals surface area contributed by atoms with Crippen molar-refractivity contribution >= 4 is 30.7 Å². The Morgan fingerprint density at radius 3 is 2.59 bits per heavy atom. The Morgan fingerprint density at radius 1 is 1.19 bits per heavy atom. The molecule has 2 atom stereocenters. The second-order valence-corrected chi connectivity index (χ2v) is 8.91. The van der Waals surface area contributed by atoms with Gasteiger partial charge in [0, 0.05) is 57.8 Å². The van der Waals surface area contributed by atoms with Crippen molar-refractivity contribution in [3.05, 3.63) is 40.6 Å². The van der Waals surface area contributed by atoms with Crippen LogP contribution in [0, 0.1) is 5.92 Å². The van der Waals surface area contributed by atoms with Crippen molar-refractivity contribution in [3.63, 3.8) is 0 Å². The maximum absolute atomic E-state index is 13.5. The lowest BCUT2D eigenvalue weighted by atomic mass is 9.81. The Hall–Kier alpha value is -1.87. The number of methoxy groups -OCH3 is 1. The fraction of sp³-hybridized carbons (Fsp3) is 0.591. The molecule has 3 aliphatic rings. The number of hydrogen-bond acceptors (Lipinski definition) is 5. The highest BCUT2D eigenvalue weighted by Crippen LogP contribution is 2.37. The molecule has 2 fully saturated rings. The van der Waals surface area contributed by atoms with Gasteiger partial charge in [0.1, 0.15) is 11.4 Å². The Balaban J connectivity index is 0.00000144. The van der Waals surface area contributed by atoms with Crippen LogP contribution in [-0.4, -0.2) is 63.8 Å². The summed E-state index contributed by atoms with van der Waals surface area (Å²) >= 11 is 0. The summed E-state index contributed by atoms with van der Waals surface area (Å²) in [7, 11) is 3.55. The summed E-state index contributed by atoms with van der Waals surface area (Å²) in [5, 5.41) is 3.32. The molecular formula is C22H31Cl2N5O3. The molecule has 5 rings (SSSR count). The molecule has 2 aromatic heterocycles. The molecule has 10 heteroatoms. The van der Waals surface area contributed by atoms with E-state index in [0.29, 0.717) is 43.9 Å². The molecule has 0 saturated carbocycles. The highest BCUT2D eigenvalue weighted by atomic mass is 35.5.